The lowest BCUT2D eigenvalue weighted by atomic mass is 10.2. The molecule has 1 heterocycles. The molecule has 1 saturated heterocycles. The van der Waals surface area contributed by atoms with Crippen LogP contribution in [0.15, 0.2) is 52.3 Å². The number of anilines is 1. The number of hydrogen-bond acceptors (Lipinski definition) is 3. The predicted molar refractivity (Wildman–Crippen MR) is 110 cm³/mol. The van der Waals surface area contributed by atoms with Crippen LogP contribution in [-0.2, 0) is 0 Å². The molecule has 134 valence electrons. The maximum Gasteiger partial charge on any atom is 0.0508 e. The summed E-state index contributed by atoms with van der Waals surface area (Å²) in [5.41, 5.74) is 4.09. The first-order valence-corrected chi connectivity index (χ1v) is 10.3. The average molecular weight is 355 g/mol. The minimum atomic E-state index is 1.13. The summed E-state index contributed by atoms with van der Waals surface area (Å²) in [5.74, 6) is 0. The number of hydrogen-bond donors (Lipinski definition) is 0. The molecule has 1 fully saturated rings. The Morgan fingerprint density at radius 1 is 0.920 bits per heavy atom. The summed E-state index contributed by atoms with van der Waals surface area (Å²) < 4.78 is 0. The third-order valence-electron chi connectivity index (χ3n) is 4.96. The predicted octanol–water partition coefficient (Wildman–Crippen LogP) is 5.38. The van der Waals surface area contributed by atoms with Crippen molar-refractivity contribution >= 4 is 17.4 Å². The summed E-state index contributed by atoms with van der Waals surface area (Å²) in [6.07, 6.45) is 2.61. The number of para-hydroxylation sites is 1. The third-order valence-corrected chi connectivity index (χ3v) is 6.20. The van der Waals surface area contributed by atoms with Crippen molar-refractivity contribution in [3.05, 3.63) is 53.6 Å². The van der Waals surface area contributed by atoms with Crippen molar-refractivity contribution in [2.45, 2.75) is 43.4 Å². The normalized spacial score (nSPS) is 15.6. The van der Waals surface area contributed by atoms with Crippen LogP contribution in [-0.4, -0.2) is 37.6 Å². The molecule has 0 unspecified atom stereocenters. The van der Waals surface area contributed by atoms with Gasteiger partial charge in [-0.2, -0.15) is 0 Å². The van der Waals surface area contributed by atoms with Crippen LogP contribution in [0.3, 0.4) is 0 Å². The van der Waals surface area contributed by atoms with Crippen LogP contribution in [0.1, 0.15) is 30.9 Å². The first kappa shape index (κ1) is 18.3. The molecule has 0 aliphatic carbocycles. The zero-order chi connectivity index (χ0) is 17.6. The molecule has 1 aliphatic heterocycles. The smallest absolute Gasteiger partial charge is 0.0508 e. The topological polar surface area (TPSA) is 6.48 Å². The van der Waals surface area contributed by atoms with Gasteiger partial charge < -0.3 is 4.90 Å². The van der Waals surface area contributed by atoms with Crippen molar-refractivity contribution in [1.82, 2.24) is 4.90 Å². The van der Waals surface area contributed by atoms with Gasteiger partial charge in [0.05, 0.1) is 5.69 Å². The number of rotatable bonds is 6. The molecule has 0 N–H and O–H groups in total. The van der Waals surface area contributed by atoms with Crippen LogP contribution < -0.4 is 4.90 Å². The van der Waals surface area contributed by atoms with Gasteiger partial charge in [0.1, 0.15) is 0 Å². The Kier molecular flexibility index (Phi) is 6.44. The van der Waals surface area contributed by atoms with Crippen LogP contribution in [0.2, 0.25) is 0 Å². The lowest BCUT2D eigenvalue weighted by molar-refractivity contribution is 0.254. The summed E-state index contributed by atoms with van der Waals surface area (Å²) in [7, 11) is 0. The number of aryl methyl sites for hydroxylation is 2. The number of piperazine rings is 1. The lowest BCUT2D eigenvalue weighted by Crippen LogP contribution is -2.46. The van der Waals surface area contributed by atoms with E-state index in [0.717, 1.165) is 13.1 Å². The molecule has 0 saturated carbocycles. The van der Waals surface area contributed by atoms with Gasteiger partial charge in [-0.25, -0.2) is 0 Å². The van der Waals surface area contributed by atoms with Crippen molar-refractivity contribution in [1.29, 1.82) is 0 Å². The van der Waals surface area contributed by atoms with E-state index in [-0.39, 0.29) is 0 Å². The van der Waals surface area contributed by atoms with Crippen molar-refractivity contribution < 1.29 is 0 Å². The second-order valence-corrected chi connectivity index (χ2v) is 8.10. The first-order chi connectivity index (χ1) is 12.2. The minimum Gasteiger partial charge on any atom is -0.368 e. The molecular formula is C22H30N2S. The van der Waals surface area contributed by atoms with Crippen LogP contribution in [0.25, 0.3) is 0 Å². The van der Waals surface area contributed by atoms with Gasteiger partial charge in [0.15, 0.2) is 0 Å². The lowest BCUT2D eigenvalue weighted by Gasteiger charge is -2.37. The standard InChI is InChI=1S/C22H30N2S/c1-4-5-12-23-13-15-24(16-14-23)20-8-6-7-9-22(20)25-21-11-10-18(2)17-19(21)3/h6-11,17H,4-5,12-16H2,1-3H3. The summed E-state index contributed by atoms with van der Waals surface area (Å²) in [5, 5.41) is 0. The molecule has 2 aromatic rings. The fraction of sp³-hybridized carbons (Fsp3) is 0.455. The molecule has 25 heavy (non-hydrogen) atoms. The number of unbranched alkanes of at least 4 members (excludes halogenated alkanes) is 1. The Balaban J connectivity index is 1.71. The molecule has 3 heteroatoms. The van der Waals surface area contributed by atoms with Gasteiger partial charge >= 0.3 is 0 Å². The van der Waals surface area contributed by atoms with E-state index in [4.69, 9.17) is 0 Å². The van der Waals surface area contributed by atoms with E-state index < -0.39 is 0 Å². The molecule has 1 aliphatic rings. The minimum absolute atomic E-state index is 1.13. The van der Waals surface area contributed by atoms with Gasteiger partial charge in [0.25, 0.3) is 0 Å². The largest absolute Gasteiger partial charge is 0.368 e. The maximum atomic E-state index is 2.61. The molecule has 2 nitrogen and oxygen atoms in total. The molecular weight excluding hydrogens is 324 g/mol. The van der Waals surface area contributed by atoms with Gasteiger partial charge in [0, 0.05) is 36.0 Å². The Labute approximate surface area is 157 Å². The highest BCUT2D eigenvalue weighted by Gasteiger charge is 2.19. The Hall–Kier alpha value is -1.45. The summed E-state index contributed by atoms with van der Waals surface area (Å²) >= 11 is 1.90. The molecule has 0 bridgehead atoms. The van der Waals surface area contributed by atoms with Crippen molar-refractivity contribution in [3.63, 3.8) is 0 Å². The molecule has 0 radical (unpaired) electrons. The highest BCUT2D eigenvalue weighted by Crippen LogP contribution is 2.37. The van der Waals surface area contributed by atoms with Crippen LogP contribution in [0.4, 0.5) is 5.69 Å². The third kappa shape index (κ3) is 4.80. The Morgan fingerprint density at radius 2 is 1.68 bits per heavy atom. The van der Waals surface area contributed by atoms with Crippen molar-refractivity contribution in [2.75, 3.05) is 37.6 Å². The van der Waals surface area contributed by atoms with Gasteiger partial charge in [-0.05, 0) is 50.6 Å². The van der Waals surface area contributed by atoms with Gasteiger partial charge in [0.2, 0.25) is 0 Å². The molecule has 0 atom stereocenters. The summed E-state index contributed by atoms with van der Waals surface area (Å²) in [4.78, 5) is 7.91. The van der Waals surface area contributed by atoms with Gasteiger partial charge in [-0.1, -0.05) is 54.9 Å². The molecule has 3 rings (SSSR count). The van der Waals surface area contributed by atoms with E-state index in [1.807, 2.05) is 11.8 Å². The zero-order valence-corrected chi connectivity index (χ0v) is 16.6. The van der Waals surface area contributed by atoms with E-state index in [9.17, 15) is 0 Å². The van der Waals surface area contributed by atoms with E-state index in [0.29, 0.717) is 0 Å². The second kappa shape index (κ2) is 8.77. The molecule has 0 aromatic heterocycles. The number of nitrogens with zero attached hydrogens (tertiary/aromatic N) is 2. The number of benzene rings is 2. The fourth-order valence-electron chi connectivity index (χ4n) is 3.43. The summed E-state index contributed by atoms with van der Waals surface area (Å²) in [6, 6.07) is 15.6. The van der Waals surface area contributed by atoms with Gasteiger partial charge in [-0.15, -0.1) is 0 Å². The van der Waals surface area contributed by atoms with Crippen LogP contribution >= 0.6 is 11.8 Å². The van der Waals surface area contributed by atoms with Crippen LogP contribution in [0.5, 0.6) is 0 Å². The van der Waals surface area contributed by atoms with E-state index >= 15 is 0 Å². The zero-order valence-electron chi connectivity index (χ0n) is 15.8. The molecule has 2 aromatic carbocycles. The monoisotopic (exact) mass is 354 g/mol. The fourth-order valence-corrected chi connectivity index (χ4v) is 4.47. The molecule has 0 amide bonds. The van der Waals surface area contributed by atoms with E-state index in [1.165, 1.54) is 59.1 Å². The average Bonchev–Trinajstić information content (AvgIpc) is 2.63. The second-order valence-electron chi connectivity index (χ2n) is 7.02. The van der Waals surface area contributed by atoms with Crippen LogP contribution in [0, 0.1) is 13.8 Å². The van der Waals surface area contributed by atoms with E-state index in [1.54, 1.807) is 0 Å². The van der Waals surface area contributed by atoms with Crippen molar-refractivity contribution in [3.8, 4) is 0 Å². The Morgan fingerprint density at radius 3 is 2.40 bits per heavy atom. The highest BCUT2D eigenvalue weighted by atomic mass is 32.2. The van der Waals surface area contributed by atoms with Crippen molar-refractivity contribution in [2.24, 2.45) is 0 Å². The van der Waals surface area contributed by atoms with E-state index in [2.05, 4.69) is 73.0 Å². The summed E-state index contributed by atoms with van der Waals surface area (Å²) in [6.45, 7) is 12.5. The molecule has 0 spiro atoms. The quantitative estimate of drug-likeness (QED) is 0.688. The van der Waals surface area contributed by atoms with Gasteiger partial charge in [-0.3, -0.25) is 4.90 Å². The highest BCUT2D eigenvalue weighted by molar-refractivity contribution is 7.99. The first-order valence-electron chi connectivity index (χ1n) is 9.49. The SMILES string of the molecule is CCCCN1CCN(c2ccccc2Sc2ccc(C)cc2C)CC1. The maximum absolute atomic E-state index is 2.61. The Bertz CT molecular complexity index is 690.